The molecule has 4 nitrogen and oxygen atoms in total. The number of amides is 2. The average molecular weight is 358 g/mol. The van der Waals surface area contributed by atoms with Crippen LogP contribution in [0.3, 0.4) is 0 Å². The predicted octanol–water partition coefficient (Wildman–Crippen LogP) is 3.12. The third kappa shape index (κ3) is 4.14. The van der Waals surface area contributed by atoms with Crippen LogP contribution in [-0.2, 0) is 9.59 Å². The number of thiophene rings is 1. The smallest absolute Gasteiger partial charge is 0.254 e. The van der Waals surface area contributed by atoms with Crippen molar-refractivity contribution in [3.63, 3.8) is 0 Å². The van der Waals surface area contributed by atoms with Crippen LogP contribution in [0.15, 0.2) is 41.1 Å². The van der Waals surface area contributed by atoms with Crippen molar-refractivity contribution in [3.8, 4) is 0 Å². The molecule has 1 fully saturated rings. The summed E-state index contributed by atoms with van der Waals surface area (Å²) < 4.78 is 13.1. The van der Waals surface area contributed by atoms with Gasteiger partial charge in [-0.15, -0.1) is 0 Å². The van der Waals surface area contributed by atoms with Gasteiger partial charge in [-0.25, -0.2) is 4.39 Å². The molecule has 0 saturated carbocycles. The monoisotopic (exact) mass is 358 g/mol. The zero-order valence-corrected chi connectivity index (χ0v) is 14.8. The molecule has 2 amide bonds. The van der Waals surface area contributed by atoms with Crippen molar-refractivity contribution < 1.29 is 14.0 Å². The van der Waals surface area contributed by atoms with Gasteiger partial charge >= 0.3 is 0 Å². The first-order valence-electron chi connectivity index (χ1n) is 8.09. The lowest BCUT2D eigenvalue weighted by Gasteiger charge is -2.34. The fourth-order valence-electron chi connectivity index (χ4n) is 2.81. The van der Waals surface area contributed by atoms with Gasteiger partial charge in [0, 0.05) is 38.7 Å². The molecule has 2 aromatic rings. The van der Waals surface area contributed by atoms with E-state index in [0.717, 1.165) is 11.1 Å². The Bertz CT molecular complexity index is 776. The van der Waals surface area contributed by atoms with E-state index in [2.05, 4.69) is 0 Å². The lowest BCUT2D eigenvalue weighted by molar-refractivity contribution is -0.135. The molecule has 0 atom stereocenters. The minimum Gasteiger partial charge on any atom is -0.339 e. The van der Waals surface area contributed by atoms with E-state index in [1.807, 2.05) is 16.8 Å². The highest BCUT2D eigenvalue weighted by Crippen LogP contribution is 2.24. The summed E-state index contributed by atoms with van der Waals surface area (Å²) in [7, 11) is 0. The van der Waals surface area contributed by atoms with Crippen molar-refractivity contribution in [2.75, 3.05) is 26.2 Å². The van der Waals surface area contributed by atoms with Gasteiger partial charge in [0.25, 0.3) is 5.91 Å². The second-order valence-electron chi connectivity index (χ2n) is 5.92. The van der Waals surface area contributed by atoms with Crippen LogP contribution in [0.4, 0.5) is 4.39 Å². The molecule has 1 aromatic heterocycles. The summed E-state index contributed by atoms with van der Waals surface area (Å²) in [4.78, 5) is 28.0. The van der Waals surface area contributed by atoms with Gasteiger partial charge in [-0.3, -0.25) is 9.59 Å². The number of nitrogens with zero attached hydrogens (tertiary/aromatic N) is 2. The number of carbonyl (C=O) groups excluding carboxylic acids is 2. The molecule has 1 aliphatic heterocycles. The fourth-order valence-corrected chi connectivity index (χ4v) is 3.46. The average Bonchev–Trinajstić information content (AvgIpc) is 3.15. The molecule has 0 unspecified atom stereocenters. The van der Waals surface area contributed by atoms with Gasteiger partial charge < -0.3 is 9.80 Å². The summed E-state index contributed by atoms with van der Waals surface area (Å²) in [6.07, 6.45) is 1.79. The predicted molar refractivity (Wildman–Crippen MR) is 97.4 cm³/mol. The number of hydrogen-bond acceptors (Lipinski definition) is 3. The van der Waals surface area contributed by atoms with E-state index in [1.54, 1.807) is 34.9 Å². The number of carbonyl (C=O) groups is 2. The maximum Gasteiger partial charge on any atom is 0.254 e. The van der Waals surface area contributed by atoms with Crippen molar-refractivity contribution in [2.24, 2.45) is 0 Å². The third-order valence-corrected chi connectivity index (χ3v) is 4.94. The molecule has 1 aromatic carbocycles. The van der Waals surface area contributed by atoms with Crippen LogP contribution in [0, 0.1) is 5.82 Å². The highest BCUT2D eigenvalue weighted by Gasteiger charge is 2.25. The van der Waals surface area contributed by atoms with E-state index >= 15 is 0 Å². The van der Waals surface area contributed by atoms with Crippen LogP contribution in [-0.4, -0.2) is 47.8 Å². The highest BCUT2D eigenvalue weighted by molar-refractivity contribution is 7.08. The van der Waals surface area contributed by atoms with E-state index < -0.39 is 0 Å². The number of benzene rings is 1. The zero-order valence-electron chi connectivity index (χ0n) is 13.9. The molecule has 3 rings (SSSR count). The summed E-state index contributed by atoms with van der Waals surface area (Å²) >= 11 is 1.52. The maximum atomic E-state index is 13.1. The van der Waals surface area contributed by atoms with E-state index in [1.165, 1.54) is 23.5 Å². The number of piperazine rings is 1. The highest BCUT2D eigenvalue weighted by atomic mass is 32.1. The molecule has 0 spiro atoms. The summed E-state index contributed by atoms with van der Waals surface area (Å²) in [6.45, 7) is 3.68. The molecule has 0 radical (unpaired) electrons. The molecule has 0 bridgehead atoms. The molecule has 1 saturated heterocycles. The summed E-state index contributed by atoms with van der Waals surface area (Å²) in [5.74, 6) is -0.334. The van der Waals surface area contributed by atoms with Gasteiger partial charge in [0.15, 0.2) is 0 Å². The van der Waals surface area contributed by atoms with E-state index in [9.17, 15) is 14.0 Å². The molecule has 2 heterocycles. The largest absolute Gasteiger partial charge is 0.339 e. The lowest BCUT2D eigenvalue weighted by Crippen LogP contribution is -2.50. The van der Waals surface area contributed by atoms with E-state index in [4.69, 9.17) is 0 Å². The molecule has 130 valence electrons. The van der Waals surface area contributed by atoms with E-state index in [0.29, 0.717) is 31.8 Å². The number of halogens is 1. The van der Waals surface area contributed by atoms with Gasteiger partial charge in [-0.1, -0.05) is 12.1 Å². The quantitative estimate of drug-likeness (QED) is 0.791. The topological polar surface area (TPSA) is 40.6 Å². The maximum absolute atomic E-state index is 13.1. The van der Waals surface area contributed by atoms with Crippen molar-refractivity contribution in [3.05, 3.63) is 58.0 Å². The van der Waals surface area contributed by atoms with Crippen LogP contribution < -0.4 is 0 Å². The lowest BCUT2D eigenvalue weighted by atomic mass is 10.0. The van der Waals surface area contributed by atoms with Crippen LogP contribution in [0.1, 0.15) is 18.1 Å². The fraction of sp³-hybridized carbons (Fsp3) is 0.263. The Balaban J connectivity index is 1.84. The molecular weight excluding hydrogens is 339 g/mol. The second kappa shape index (κ2) is 7.61. The van der Waals surface area contributed by atoms with Gasteiger partial charge in [-0.05, 0) is 46.2 Å². The zero-order chi connectivity index (χ0) is 17.8. The van der Waals surface area contributed by atoms with Gasteiger partial charge in [0.05, 0.1) is 0 Å². The Morgan fingerprint density at radius 1 is 1.04 bits per heavy atom. The first-order chi connectivity index (χ1) is 12.0. The Kier molecular flexibility index (Phi) is 5.28. The van der Waals surface area contributed by atoms with Crippen LogP contribution in [0.2, 0.25) is 0 Å². The molecule has 1 aliphatic rings. The van der Waals surface area contributed by atoms with Crippen LogP contribution >= 0.6 is 11.3 Å². The standard InChI is InChI=1S/C19H19FN2O2S/c1-14(23)21-7-9-22(10-8-21)19(24)18(16-6-11-25-13-16)12-15-2-4-17(20)5-3-15/h2-6,11-13H,7-10H2,1H3/b18-12+. The summed E-state index contributed by atoms with van der Waals surface area (Å²) in [5.41, 5.74) is 2.22. The summed E-state index contributed by atoms with van der Waals surface area (Å²) in [6, 6.07) is 7.98. The molecular formula is C19H19FN2O2S. The number of rotatable bonds is 3. The van der Waals surface area contributed by atoms with Crippen LogP contribution in [0.5, 0.6) is 0 Å². The first-order valence-corrected chi connectivity index (χ1v) is 9.03. The van der Waals surface area contributed by atoms with Crippen molar-refractivity contribution in [1.82, 2.24) is 9.80 Å². The Hall–Kier alpha value is -2.47. The molecule has 0 N–H and O–H groups in total. The van der Waals surface area contributed by atoms with Gasteiger partial charge in [-0.2, -0.15) is 11.3 Å². The molecule has 25 heavy (non-hydrogen) atoms. The normalized spacial score (nSPS) is 15.4. The Morgan fingerprint density at radius 2 is 1.68 bits per heavy atom. The minimum atomic E-state index is -0.305. The molecule has 0 aliphatic carbocycles. The van der Waals surface area contributed by atoms with Gasteiger partial charge in [0.2, 0.25) is 5.91 Å². The Labute approximate surface area is 150 Å². The van der Waals surface area contributed by atoms with Gasteiger partial charge in [0.1, 0.15) is 5.82 Å². The minimum absolute atomic E-state index is 0.0343. The third-order valence-electron chi connectivity index (χ3n) is 4.26. The summed E-state index contributed by atoms with van der Waals surface area (Å²) in [5, 5.41) is 3.86. The van der Waals surface area contributed by atoms with Crippen molar-refractivity contribution in [1.29, 1.82) is 0 Å². The number of hydrogen-bond donors (Lipinski definition) is 0. The van der Waals surface area contributed by atoms with Crippen molar-refractivity contribution in [2.45, 2.75) is 6.92 Å². The van der Waals surface area contributed by atoms with Crippen LogP contribution in [0.25, 0.3) is 11.6 Å². The molecule has 6 heteroatoms. The second-order valence-corrected chi connectivity index (χ2v) is 6.70. The van der Waals surface area contributed by atoms with Crippen molar-refractivity contribution >= 4 is 34.8 Å². The Morgan fingerprint density at radius 3 is 2.24 bits per heavy atom. The SMILES string of the molecule is CC(=O)N1CCN(C(=O)/C(=C/c2ccc(F)cc2)c2ccsc2)CC1. The van der Waals surface area contributed by atoms with E-state index in [-0.39, 0.29) is 17.6 Å². The first kappa shape index (κ1) is 17.4.